The van der Waals surface area contributed by atoms with E-state index in [-0.39, 0.29) is 18.2 Å². The first-order valence-electron chi connectivity index (χ1n) is 8.67. The maximum absolute atomic E-state index is 12.6. The Balaban J connectivity index is 1.62. The number of amides is 2. The molecule has 1 unspecified atom stereocenters. The summed E-state index contributed by atoms with van der Waals surface area (Å²) in [4.78, 5) is 26.5. The van der Waals surface area contributed by atoms with E-state index in [4.69, 9.17) is 16.3 Å². The molecule has 136 valence electrons. The van der Waals surface area contributed by atoms with Gasteiger partial charge in [-0.05, 0) is 30.2 Å². The standard InChI is InChI=1S/C20H21ClN2O3/c1-2-17-20(25)23(16-9-5-6-10-18(16)26-17)12-11-19(24)22-13-14-7-3-4-8-15(14)21/h3-10,17H,2,11-13H2,1H3,(H,22,24). The number of ether oxygens (including phenoxy) is 1. The number of carbonyl (C=O) groups is 2. The van der Waals surface area contributed by atoms with E-state index in [0.29, 0.717) is 36.0 Å². The van der Waals surface area contributed by atoms with E-state index in [0.717, 1.165) is 5.56 Å². The number of benzene rings is 2. The van der Waals surface area contributed by atoms with E-state index < -0.39 is 6.10 Å². The van der Waals surface area contributed by atoms with Crippen molar-refractivity contribution in [2.24, 2.45) is 0 Å². The van der Waals surface area contributed by atoms with Crippen LogP contribution in [0.4, 0.5) is 5.69 Å². The minimum Gasteiger partial charge on any atom is -0.478 e. The maximum atomic E-state index is 12.6. The highest BCUT2D eigenvalue weighted by atomic mass is 35.5. The van der Waals surface area contributed by atoms with Crippen LogP contribution >= 0.6 is 11.6 Å². The van der Waals surface area contributed by atoms with Gasteiger partial charge in [0.1, 0.15) is 5.75 Å². The quantitative estimate of drug-likeness (QED) is 0.843. The van der Waals surface area contributed by atoms with Crippen LogP contribution in [0.2, 0.25) is 5.02 Å². The zero-order chi connectivity index (χ0) is 18.5. The van der Waals surface area contributed by atoms with E-state index in [1.807, 2.05) is 49.4 Å². The molecule has 2 aromatic carbocycles. The molecule has 3 rings (SSSR count). The Labute approximate surface area is 157 Å². The number of anilines is 1. The number of fused-ring (bicyclic) bond motifs is 1. The Hall–Kier alpha value is -2.53. The summed E-state index contributed by atoms with van der Waals surface area (Å²) in [6.45, 7) is 2.58. The van der Waals surface area contributed by atoms with E-state index in [2.05, 4.69) is 5.32 Å². The van der Waals surface area contributed by atoms with Gasteiger partial charge >= 0.3 is 0 Å². The van der Waals surface area contributed by atoms with E-state index in [1.54, 1.807) is 11.0 Å². The second kappa shape index (κ2) is 8.23. The monoisotopic (exact) mass is 372 g/mol. The molecule has 0 radical (unpaired) electrons. The second-order valence-electron chi connectivity index (χ2n) is 6.09. The van der Waals surface area contributed by atoms with Gasteiger partial charge in [-0.3, -0.25) is 9.59 Å². The van der Waals surface area contributed by atoms with Gasteiger partial charge in [-0.1, -0.05) is 48.9 Å². The van der Waals surface area contributed by atoms with Crippen molar-refractivity contribution in [2.45, 2.75) is 32.4 Å². The first kappa shape index (κ1) is 18.3. The zero-order valence-corrected chi connectivity index (χ0v) is 15.3. The summed E-state index contributed by atoms with van der Waals surface area (Å²) in [6.07, 6.45) is 0.291. The van der Waals surface area contributed by atoms with Gasteiger partial charge in [0, 0.05) is 24.5 Å². The number of para-hydroxylation sites is 2. The minimum atomic E-state index is -0.504. The molecule has 0 saturated carbocycles. The Bertz CT molecular complexity index is 809. The molecule has 1 heterocycles. The number of halogens is 1. The van der Waals surface area contributed by atoms with E-state index >= 15 is 0 Å². The number of nitrogens with zero attached hydrogens (tertiary/aromatic N) is 1. The topological polar surface area (TPSA) is 58.6 Å². The summed E-state index contributed by atoms with van der Waals surface area (Å²) in [6, 6.07) is 14.8. The van der Waals surface area contributed by atoms with Crippen molar-refractivity contribution in [1.29, 1.82) is 0 Å². The number of rotatable bonds is 6. The molecule has 0 spiro atoms. The third-order valence-corrected chi connectivity index (χ3v) is 4.70. The number of nitrogens with one attached hydrogen (secondary N) is 1. The first-order chi connectivity index (χ1) is 12.6. The number of hydrogen-bond donors (Lipinski definition) is 1. The fourth-order valence-corrected chi connectivity index (χ4v) is 3.10. The highest BCUT2D eigenvalue weighted by Gasteiger charge is 2.33. The third kappa shape index (κ3) is 3.99. The summed E-state index contributed by atoms with van der Waals surface area (Å²) in [7, 11) is 0. The van der Waals surface area contributed by atoms with E-state index in [9.17, 15) is 9.59 Å². The molecule has 1 aliphatic rings. The molecule has 26 heavy (non-hydrogen) atoms. The van der Waals surface area contributed by atoms with Crippen molar-refractivity contribution < 1.29 is 14.3 Å². The number of carbonyl (C=O) groups excluding carboxylic acids is 2. The molecule has 0 aliphatic carbocycles. The van der Waals surface area contributed by atoms with Crippen LogP contribution in [0.5, 0.6) is 5.75 Å². The molecular formula is C20H21ClN2O3. The molecule has 0 fully saturated rings. The summed E-state index contributed by atoms with van der Waals surface area (Å²) in [5.74, 6) is 0.440. The Morgan fingerprint density at radius 3 is 2.69 bits per heavy atom. The van der Waals surface area contributed by atoms with E-state index in [1.165, 1.54) is 0 Å². The largest absolute Gasteiger partial charge is 0.478 e. The fourth-order valence-electron chi connectivity index (χ4n) is 2.90. The lowest BCUT2D eigenvalue weighted by Crippen LogP contribution is -2.46. The van der Waals surface area contributed by atoms with Gasteiger partial charge < -0.3 is 15.0 Å². The van der Waals surface area contributed by atoms with Crippen LogP contribution in [0.15, 0.2) is 48.5 Å². The van der Waals surface area contributed by atoms with Gasteiger partial charge in [-0.2, -0.15) is 0 Å². The summed E-state index contributed by atoms with van der Waals surface area (Å²) >= 11 is 6.10. The second-order valence-corrected chi connectivity index (χ2v) is 6.50. The molecule has 0 aromatic heterocycles. The summed E-state index contributed by atoms with van der Waals surface area (Å²) in [5.41, 5.74) is 1.57. The SMILES string of the molecule is CCC1Oc2ccccc2N(CCC(=O)NCc2ccccc2Cl)C1=O. The molecule has 1 N–H and O–H groups in total. The number of hydrogen-bond acceptors (Lipinski definition) is 3. The molecule has 1 aliphatic heterocycles. The first-order valence-corrected chi connectivity index (χ1v) is 9.05. The molecule has 0 bridgehead atoms. The molecule has 6 heteroatoms. The third-order valence-electron chi connectivity index (χ3n) is 4.33. The van der Waals surface area contributed by atoms with Crippen LogP contribution < -0.4 is 15.0 Å². The Morgan fingerprint density at radius 2 is 1.92 bits per heavy atom. The van der Waals surface area contributed by atoms with Crippen molar-refractivity contribution in [1.82, 2.24) is 5.32 Å². The van der Waals surface area contributed by atoms with Crippen LogP contribution in [0.3, 0.4) is 0 Å². The van der Waals surface area contributed by atoms with Crippen LogP contribution in [-0.4, -0.2) is 24.5 Å². The Morgan fingerprint density at radius 1 is 1.19 bits per heavy atom. The van der Waals surface area contributed by atoms with Crippen LogP contribution in [-0.2, 0) is 16.1 Å². The van der Waals surface area contributed by atoms with Gasteiger partial charge in [-0.15, -0.1) is 0 Å². The highest BCUT2D eigenvalue weighted by Crippen LogP contribution is 2.34. The molecule has 2 amide bonds. The average Bonchev–Trinajstić information content (AvgIpc) is 2.66. The van der Waals surface area contributed by atoms with Crippen LogP contribution in [0, 0.1) is 0 Å². The van der Waals surface area contributed by atoms with Crippen molar-refractivity contribution in [3.8, 4) is 5.75 Å². The molecule has 5 nitrogen and oxygen atoms in total. The normalized spacial score (nSPS) is 16.0. The molecule has 0 saturated heterocycles. The van der Waals surface area contributed by atoms with Crippen molar-refractivity contribution in [2.75, 3.05) is 11.4 Å². The van der Waals surface area contributed by atoms with Gasteiger partial charge in [0.25, 0.3) is 5.91 Å². The summed E-state index contributed by atoms with van der Waals surface area (Å²) < 4.78 is 5.74. The molecular weight excluding hydrogens is 352 g/mol. The van der Waals surface area contributed by atoms with Gasteiger partial charge in [0.2, 0.25) is 5.91 Å². The molecule has 1 atom stereocenters. The van der Waals surface area contributed by atoms with Crippen LogP contribution in [0.25, 0.3) is 0 Å². The average molecular weight is 373 g/mol. The van der Waals surface area contributed by atoms with Gasteiger partial charge in [0.05, 0.1) is 5.69 Å². The zero-order valence-electron chi connectivity index (χ0n) is 14.6. The van der Waals surface area contributed by atoms with Crippen LogP contribution in [0.1, 0.15) is 25.3 Å². The summed E-state index contributed by atoms with van der Waals surface area (Å²) in [5, 5.41) is 3.47. The lowest BCUT2D eigenvalue weighted by Gasteiger charge is -2.33. The lowest BCUT2D eigenvalue weighted by atomic mass is 10.1. The predicted molar refractivity (Wildman–Crippen MR) is 101 cm³/mol. The van der Waals surface area contributed by atoms with Gasteiger partial charge in [-0.25, -0.2) is 0 Å². The van der Waals surface area contributed by atoms with Crippen molar-refractivity contribution in [3.05, 3.63) is 59.1 Å². The highest BCUT2D eigenvalue weighted by molar-refractivity contribution is 6.31. The maximum Gasteiger partial charge on any atom is 0.268 e. The fraction of sp³-hybridized carbons (Fsp3) is 0.300. The van der Waals surface area contributed by atoms with Gasteiger partial charge in [0.15, 0.2) is 6.10 Å². The molecule has 2 aromatic rings. The minimum absolute atomic E-state index is 0.106. The Kier molecular flexibility index (Phi) is 5.78. The predicted octanol–water partition coefficient (Wildman–Crippen LogP) is 3.55. The van der Waals surface area contributed by atoms with Crippen molar-refractivity contribution >= 4 is 29.1 Å². The lowest BCUT2D eigenvalue weighted by molar-refractivity contribution is -0.126. The van der Waals surface area contributed by atoms with Crippen molar-refractivity contribution in [3.63, 3.8) is 0 Å². The smallest absolute Gasteiger partial charge is 0.268 e.